The first kappa shape index (κ1) is 17.3. The summed E-state index contributed by atoms with van der Waals surface area (Å²) in [5.41, 5.74) is 0.728. The minimum absolute atomic E-state index is 0.0744. The molecule has 2 aromatic carbocycles. The van der Waals surface area contributed by atoms with Crippen LogP contribution in [0.3, 0.4) is 0 Å². The summed E-state index contributed by atoms with van der Waals surface area (Å²) in [6, 6.07) is 7.15. The van der Waals surface area contributed by atoms with Crippen molar-refractivity contribution in [3.8, 4) is 5.75 Å². The van der Waals surface area contributed by atoms with E-state index in [4.69, 9.17) is 18.0 Å². The van der Waals surface area contributed by atoms with Gasteiger partial charge in [0.25, 0.3) is 0 Å². The summed E-state index contributed by atoms with van der Waals surface area (Å²) in [5, 5.41) is 32.6. The molecule has 2 aromatic rings. The average molecular weight is 352 g/mol. The Kier molecular flexibility index (Phi) is 4.62. The second kappa shape index (κ2) is 6.41. The van der Waals surface area contributed by atoms with Gasteiger partial charge in [0.1, 0.15) is 5.75 Å². The van der Waals surface area contributed by atoms with E-state index < -0.39 is 21.4 Å². The summed E-state index contributed by atoms with van der Waals surface area (Å²) in [4.78, 5) is 0. The molecule has 1 aliphatic rings. The zero-order valence-corrected chi connectivity index (χ0v) is 14.6. The van der Waals surface area contributed by atoms with E-state index in [2.05, 4.69) is 0 Å². The van der Waals surface area contributed by atoms with Crippen LogP contribution in [-0.2, 0) is 24.4 Å². The number of aromatic hydroxyl groups is 1. The molecule has 0 spiro atoms. The van der Waals surface area contributed by atoms with Crippen molar-refractivity contribution in [2.24, 2.45) is 0 Å². The zero-order chi connectivity index (χ0) is 17.5. The van der Waals surface area contributed by atoms with Gasteiger partial charge in [0.2, 0.25) is 0 Å². The van der Waals surface area contributed by atoms with Crippen molar-refractivity contribution < 1.29 is 33.3 Å². The summed E-state index contributed by atoms with van der Waals surface area (Å²) in [5.74, 6) is -0.0880. The summed E-state index contributed by atoms with van der Waals surface area (Å²) >= 11 is 0. The highest BCUT2D eigenvalue weighted by Crippen LogP contribution is 2.40. The predicted molar refractivity (Wildman–Crippen MR) is 87.8 cm³/mol. The third-order valence-electron chi connectivity index (χ3n) is 4.36. The molecule has 1 heterocycles. The second-order valence-corrected chi connectivity index (χ2v) is 8.31. The van der Waals surface area contributed by atoms with Crippen LogP contribution in [-0.4, -0.2) is 51.7 Å². The van der Waals surface area contributed by atoms with Crippen LogP contribution in [0.25, 0.3) is 10.8 Å². The Balaban J connectivity index is 2.47. The molecule has 0 aromatic heterocycles. The molecule has 0 saturated carbocycles. The van der Waals surface area contributed by atoms with E-state index in [1.165, 1.54) is 21.3 Å². The Morgan fingerprint density at radius 3 is 2.21 bits per heavy atom. The number of phenolic OH excluding ortho intramolecular Hbond substituents is 1. The number of phenols is 1. The molecule has 130 valence electrons. The van der Waals surface area contributed by atoms with Crippen LogP contribution in [0.2, 0.25) is 0 Å². The molecule has 0 bridgehead atoms. The standard InChI is InChI=1S/C16H20O7Si/c1-20-24(21-2,22-3)15-10-7-5-4-6-9(10)14(18)13-11(15)8-12(17)23-16(13)19/h4-7,12,16-19H,8H2,1-3H3. The molecule has 2 unspecified atom stereocenters. The van der Waals surface area contributed by atoms with Gasteiger partial charge in [0.15, 0.2) is 12.6 Å². The van der Waals surface area contributed by atoms with Gasteiger partial charge in [-0.3, -0.25) is 0 Å². The lowest BCUT2D eigenvalue weighted by Crippen LogP contribution is -2.57. The topological polar surface area (TPSA) is 97.6 Å². The summed E-state index contributed by atoms with van der Waals surface area (Å²) in [7, 11) is 1.15. The third kappa shape index (κ3) is 2.44. The minimum atomic E-state index is -3.31. The van der Waals surface area contributed by atoms with Gasteiger partial charge in [0.05, 0.1) is 5.56 Å². The van der Waals surface area contributed by atoms with E-state index in [1.54, 1.807) is 12.1 Å². The van der Waals surface area contributed by atoms with Crippen molar-refractivity contribution in [2.75, 3.05) is 21.3 Å². The average Bonchev–Trinajstić information content (AvgIpc) is 2.58. The maximum atomic E-state index is 10.6. The smallest absolute Gasteiger partial charge is 0.507 e. The van der Waals surface area contributed by atoms with E-state index in [-0.39, 0.29) is 17.7 Å². The number of hydrogen-bond donors (Lipinski definition) is 3. The monoisotopic (exact) mass is 352 g/mol. The van der Waals surface area contributed by atoms with Crippen LogP contribution < -0.4 is 5.19 Å². The van der Waals surface area contributed by atoms with Gasteiger partial charge in [-0.05, 0) is 10.9 Å². The van der Waals surface area contributed by atoms with E-state index in [9.17, 15) is 15.3 Å². The number of fused-ring (bicyclic) bond motifs is 2. The molecule has 2 atom stereocenters. The Morgan fingerprint density at radius 1 is 1.04 bits per heavy atom. The number of ether oxygens (including phenoxy) is 1. The normalized spacial score (nSPS) is 21.0. The highest BCUT2D eigenvalue weighted by Gasteiger charge is 2.47. The van der Waals surface area contributed by atoms with E-state index >= 15 is 0 Å². The van der Waals surface area contributed by atoms with Gasteiger partial charge in [-0.25, -0.2) is 0 Å². The van der Waals surface area contributed by atoms with Crippen molar-refractivity contribution >= 4 is 24.8 Å². The first-order valence-electron chi connectivity index (χ1n) is 7.43. The molecule has 24 heavy (non-hydrogen) atoms. The lowest BCUT2D eigenvalue weighted by molar-refractivity contribution is -0.219. The Hall–Kier alpha value is -1.52. The number of rotatable bonds is 4. The van der Waals surface area contributed by atoms with E-state index in [0.717, 1.165) is 0 Å². The van der Waals surface area contributed by atoms with Crippen molar-refractivity contribution in [1.29, 1.82) is 0 Å². The lowest BCUT2D eigenvalue weighted by Gasteiger charge is -2.34. The molecule has 0 aliphatic carbocycles. The highest BCUT2D eigenvalue weighted by atomic mass is 28.4. The quantitative estimate of drug-likeness (QED) is 0.690. The number of hydrogen-bond acceptors (Lipinski definition) is 7. The minimum Gasteiger partial charge on any atom is -0.507 e. The fraction of sp³-hybridized carbons (Fsp3) is 0.375. The molecule has 0 saturated heterocycles. The molecule has 3 N–H and O–H groups in total. The van der Waals surface area contributed by atoms with Crippen molar-refractivity contribution in [3.05, 3.63) is 35.4 Å². The molecule has 3 rings (SSSR count). The van der Waals surface area contributed by atoms with Gasteiger partial charge in [-0.2, -0.15) is 0 Å². The molecular weight excluding hydrogens is 332 g/mol. The zero-order valence-electron chi connectivity index (χ0n) is 13.6. The Bertz CT molecular complexity index is 751. The van der Waals surface area contributed by atoms with Crippen LogP contribution >= 0.6 is 0 Å². The molecular formula is C16H20O7Si. The van der Waals surface area contributed by atoms with E-state index in [0.29, 0.717) is 21.5 Å². The second-order valence-electron chi connectivity index (χ2n) is 5.48. The number of benzene rings is 2. The fourth-order valence-electron chi connectivity index (χ4n) is 3.32. The highest BCUT2D eigenvalue weighted by molar-refractivity contribution is 6.78. The first-order valence-corrected chi connectivity index (χ1v) is 9.15. The molecule has 0 amide bonds. The maximum Gasteiger partial charge on any atom is 0.537 e. The van der Waals surface area contributed by atoms with Gasteiger partial charge in [-0.15, -0.1) is 0 Å². The summed E-state index contributed by atoms with van der Waals surface area (Å²) in [6.45, 7) is 0. The third-order valence-corrected chi connectivity index (χ3v) is 7.15. The summed E-state index contributed by atoms with van der Waals surface area (Å²) < 4.78 is 21.9. The Morgan fingerprint density at radius 2 is 1.62 bits per heavy atom. The van der Waals surface area contributed by atoms with Crippen molar-refractivity contribution in [2.45, 2.75) is 19.0 Å². The molecule has 7 nitrogen and oxygen atoms in total. The molecule has 1 aliphatic heterocycles. The molecule has 0 fully saturated rings. The lowest BCUT2D eigenvalue weighted by atomic mass is 9.94. The van der Waals surface area contributed by atoms with Crippen molar-refractivity contribution in [3.63, 3.8) is 0 Å². The number of aliphatic hydroxyl groups excluding tert-OH is 2. The van der Waals surface area contributed by atoms with Gasteiger partial charge < -0.3 is 33.3 Å². The van der Waals surface area contributed by atoms with Crippen LogP contribution in [0, 0.1) is 0 Å². The van der Waals surface area contributed by atoms with Gasteiger partial charge >= 0.3 is 8.80 Å². The van der Waals surface area contributed by atoms with Crippen LogP contribution in [0.15, 0.2) is 24.3 Å². The van der Waals surface area contributed by atoms with Gasteiger partial charge in [-0.1, -0.05) is 24.3 Å². The largest absolute Gasteiger partial charge is 0.537 e. The Labute approximate surface area is 140 Å². The fourth-order valence-corrected chi connectivity index (χ4v) is 5.58. The van der Waals surface area contributed by atoms with Crippen LogP contribution in [0.1, 0.15) is 17.4 Å². The SMILES string of the molecule is CO[Si](OC)(OC)c1c2c(c(O)c3ccccc13)C(O)OC(O)C2. The predicted octanol–water partition coefficient (Wildman–Crippen LogP) is 0.512. The molecule has 8 heteroatoms. The van der Waals surface area contributed by atoms with E-state index in [1.807, 2.05) is 12.1 Å². The van der Waals surface area contributed by atoms with Gasteiger partial charge in [0, 0.05) is 38.3 Å². The molecule has 0 radical (unpaired) electrons. The number of aliphatic hydroxyl groups is 2. The summed E-state index contributed by atoms with van der Waals surface area (Å²) in [6.07, 6.45) is -2.58. The first-order chi connectivity index (χ1) is 11.5. The van der Waals surface area contributed by atoms with Crippen LogP contribution in [0.4, 0.5) is 0 Å². The van der Waals surface area contributed by atoms with Crippen molar-refractivity contribution in [1.82, 2.24) is 0 Å². The van der Waals surface area contributed by atoms with Crippen LogP contribution in [0.5, 0.6) is 5.75 Å². The maximum absolute atomic E-state index is 10.6.